The zero-order valence-electron chi connectivity index (χ0n) is 11.2. The molecule has 2 rings (SSSR count). The largest absolute Gasteiger partial charge is 0.545 e. The first kappa shape index (κ1) is 14.4. The van der Waals surface area contributed by atoms with Crippen molar-refractivity contribution in [2.75, 3.05) is 0 Å². The van der Waals surface area contributed by atoms with E-state index in [1.807, 2.05) is 6.92 Å². The molecule has 0 aliphatic rings. The van der Waals surface area contributed by atoms with Crippen molar-refractivity contribution < 1.29 is 14.7 Å². The molecule has 1 amide bonds. The Morgan fingerprint density at radius 3 is 2.38 bits per heavy atom. The number of hydrazone groups is 1. The van der Waals surface area contributed by atoms with Gasteiger partial charge in [0.2, 0.25) is 0 Å². The molecule has 2 aromatic rings. The smallest absolute Gasteiger partial charge is 0.272 e. The lowest BCUT2D eigenvalue weighted by atomic mass is 10.1. The molecule has 0 unspecified atom stereocenters. The molecule has 21 heavy (non-hydrogen) atoms. The maximum Gasteiger partial charge on any atom is 0.272 e. The molecule has 1 heterocycles. The minimum absolute atomic E-state index is 0.0851. The van der Waals surface area contributed by atoms with Crippen LogP contribution >= 0.6 is 0 Å². The first-order valence-electron chi connectivity index (χ1n) is 6.14. The molecule has 0 radical (unpaired) electrons. The number of carbonyl (C=O) groups is 2. The average Bonchev–Trinajstić information content (AvgIpc) is 2.48. The van der Waals surface area contributed by atoms with Crippen LogP contribution in [0, 0.1) is 6.92 Å². The second-order valence-electron chi connectivity index (χ2n) is 4.30. The molecular weight excluding hydrogens is 270 g/mol. The molecule has 1 aromatic carbocycles. The number of rotatable bonds is 4. The number of aromatic carboxylic acids is 1. The Morgan fingerprint density at radius 1 is 1.14 bits per heavy atom. The summed E-state index contributed by atoms with van der Waals surface area (Å²) >= 11 is 0. The highest BCUT2D eigenvalue weighted by atomic mass is 16.4. The Hall–Kier alpha value is -3.02. The molecule has 0 saturated heterocycles. The van der Waals surface area contributed by atoms with E-state index in [1.165, 1.54) is 24.5 Å². The summed E-state index contributed by atoms with van der Waals surface area (Å²) in [7, 11) is 0. The molecule has 0 aliphatic heterocycles. The number of aromatic nitrogens is 1. The molecule has 0 atom stereocenters. The summed E-state index contributed by atoms with van der Waals surface area (Å²) in [6.07, 6.45) is 2.88. The molecule has 6 heteroatoms. The van der Waals surface area contributed by atoms with Crippen molar-refractivity contribution in [2.24, 2.45) is 5.10 Å². The van der Waals surface area contributed by atoms with Crippen molar-refractivity contribution >= 4 is 18.1 Å². The third kappa shape index (κ3) is 3.97. The van der Waals surface area contributed by atoms with E-state index in [1.54, 1.807) is 24.3 Å². The fourth-order valence-corrected chi connectivity index (χ4v) is 1.54. The second-order valence-corrected chi connectivity index (χ2v) is 4.30. The number of carboxylic acids is 1. The topological polar surface area (TPSA) is 94.5 Å². The van der Waals surface area contributed by atoms with Gasteiger partial charge < -0.3 is 9.90 Å². The van der Waals surface area contributed by atoms with Crippen molar-refractivity contribution in [3.05, 3.63) is 65.0 Å². The minimum atomic E-state index is -1.24. The first-order chi connectivity index (χ1) is 10.1. The van der Waals surface area contributed by atoms with Gasteiger partial charge in [-0.25, -0.2) is 5.43 Å². The van der Waals surface area contributed by atoms with Crippen LogP contribution in [-0.2, 0) is 0 Å². The monoisotopic (exact) mass is 282 g/mol. The minimum Gasteiger partial charge on any atom is -0.545 e. The number of hydrogen-bond donors (Lipinski definition) is 1. The Bertz CT molecular complexity index is 676. The van der Waals surface area contributed by atoms with Gasteiger partial charge >= 0.3 is 0 Å². The highest BCUT2D eigenvalue weighted by molar-refractivity contribution is 5.94. The maximum atomic E-state index is 11.7. The van der Waals surface area contributed by atoms with E-state index >= 15 is 0 Å². The lowest BCUT2D eigenvalue weighted by molar-refractivity contribution is -0.255. The predicted octanol–water partition coefficient (Wildman–Crippen LogP) is 0.517. The van der Waals surface area contributed by atoms with Gasteiger partial charge in [-0.1, -0.05) is 24.3 Å². The van der Waals surface area contributed by atoms with Crippen LogP contribution in [0.1, 0.15) is 32.0 Å². The van der Waals surface area contributed by atoms with Gasteiger partial charge in [-0.05, 0) is 30.2 Å². The van der Waals surface area contributed by atoms with Crippen LogP contribution < -0.4 is 10.5 Å². The van der Waals surface area contributed by atoms with Gasteiger partial charge in [0.1, 0.15) is 0 Å². The van der Waals surface area contributed by atoms with Crippen molar-refractivity contribution in [1.82, 2.24) is 10.4 Å². The SMILES string of the molecule is Cc1ccc(C(=O)N/N=C\c2ccc(C(=O)[O-])cc2)cn1. The number of aryl methyl sites for hydroxylation is 1. The fraction of sp³-hybridized carbons (Fsp3) is 0.0667. The van der Waals surface area contributed by atoms with Crippen molar-refractivity contribution in [2.45, 2.75) is 6.92 Å². The van der Waals surface area contributed by atoms with Crippen molar-refractivity contribution in [1.29, 1.82) is 0 Å². The number of amides is 1. The van der Waals surface area contributed by atoms with Crippen molar-refractivity contribution in [3.63, 3.8) is 0 Å². The molecule has 0 bridgehead atoms. The number of pyridine rings is 1. The highest BCUT2D eigenvalue weighted by Crippen LogP contribution is 2.02. The van der Waals surface area contributed by atoms with Crippen LogP contribution in [0.4, 0.5) is 0 Å². The van der Waals surface area contributed by atoms with Gasteiger partial charge in [-0.3, -0.25) is 9.78 Å². The summed E-state index contributed by atoms with van der Waals surface area (Å²) in [6, 6.07) is 9.33. The van der Waals surface area contributed by atoms with Crippen LogP contribution in [0.3, 0.4) is 0 Å². The number of benzene rings is 1. The summed E-state index contributed by atoms with van der Waals surface area (Å²) in [5, 5.41) is 14.4. The first-order valence-corrected chi connectivity index (χ1v) is 6.14. The number of hydrogen-bond acceptors (Lipinski definition) is 5. The van der Waals surface area contributed by atoms with Crippen LogP contribution in [0.5, 0.6) is 0 Å². The van der Waals surface area contributed by atoms with Gasteiger partial charge in [0, 0.05) is 11.9 Å². The van der Waals surface area contributed by atoms with Crippen molar-refractivity contribution in [3.8, 4) is 0 Å². The lowest BCUT2D eigenvalue weighted by Crippen LogP contribution is -2.22. The molecule has 6 nitrogen and oxygen atoms in total. The maximum absolute atomic E-state index is 11.7. The zero-order valence-corrected chi connectivity index (χ0v) is 11.2. The standard InChI is InChI=1S/C15H13N3O3/c1-10-2-5-13(9-16-10)14(19)18-17-8-11-3-6-12(7-4-11)15(20)21/h2-9H,1H3,(H,18,19)(H,20,21)/p-1/b17-8-. The number of carbonyl (C=O) groups excluding carboxylic acids is 2. The number of carboxylic acid groups (broad SMARTS) is 1. The van der Waals surface area contributed by atoms with Gasteiger partial charge in [-0.15, -0.1) is 0 Å². The third-order valence-electron chi connectivity index (χ3n) is 2.70. The molecule has 1 aromatic heterocycles. The van der Waals surface area contributed by atoms with E-state index in [0.717, 1.165) is 5.69 Å². The molecule has 106 valence electrons. The van der Waals surface area contributed by atoms with Gasteiger partial charge in [0.05, 0.1) is 17.7 Å². The second kappa shape index (κ2) is 6.42. The van der Waals surface area contributed by atoms with E-state index in [-0.39, 0.29) is 11.5 Å². The summed E-state index contributed by atoms with van der Waals surface area (Å²) in [5.74, 6) is -1.61. The predicted molar refractivity (Wildman–Crippen MR) is 74.8 cm³/mol. The van der Waals surface area contributed by atoms with Gasteiger partial charge in [-0.2, -0.15) is 5.10 Å². The summed E-state index contributed by atoms with van der Waals surface area (Å²) in [4.78, 5) is 26.3. The lowest BCUT2D eigenvalue weighted by Gasteiger charge is -2.02. The number of nitrogens with one attached hydrogen (secondary N) is 1. The molecule has 1 N–H and O–H groups in total. The average molecular weight is 282 g/mol. The van der Waals surface area contributed by atoms with E-state index in [0.29, 0.717) is 11.1 Å². The Morgan fingerprint density at radius 2 is 1.81 bits per heavy atom. The fourth-order valence-electron chi connectivity index (χ4n) is 1.54. The Labute approximate surface area is 121 Å². The van der Waals surface area contributed by atoms with E-state index < -0.39 is 5.97 Å². The number of nitrogens with zero attached hydrogens (tertiary/aromatic N) is 2. The normalized spacial score (nSPS) is 10.5. The summed E-state index contributed by atoms with van der Waals surface area (Å²) < 4.78 is 0. The molecule has 0 fully saturated rings. The molecule has 0 aliphatic carbocycles. The summed E-state index contributed by atoms with van der Waals surface area (Å²) in [5.41, 5.74) is 4.34. The van der Waals surface area contributed by atoms with Gasteiger partial charge in [0.25, 0.3) is 5.91 Å². The highest BCUT2D eigenvalue weighted by Gasteiger charge is 2.03. The quantitative estimate of drug-likeness (QED) is 0.653. The van der Waals surface area contributed by atoms with E-state index in [2.05, 4.69) is 15.5 Å². The molecule has 0 spiro atoms. The van der Waals surface area contributed by atoms with Crippen LogP contribution in [0.25, 0.3) is 0 Å². The Balaban J connectivity index is 1.97. The van der Waals surface area contributed by atoms with E-state index in [4.69, 9.17) is 0 Å². The molecule has 0 saturated carbocycles. The van der Waals surface area contributed by atoms with Gasteiger partial charge in [0.15, 0.2) is 0 Å². The third-order valence-corrected chi connectivity index (χ3v) is 2.70. The summed E-state index contributed by atoms with van der Waals surface area (Å²) in [6.45, 7) is 1.83. The van der Waals surface area contributed by atoms with Crippen LogP contribution in [-0.4, -0.2) is 23.1 Å². The van der Waals surface area contributed by atoms with Crippen LogP contribution in [0.15, 0.2) is 47.7 Å². The van der Waals surface area contributed by atoms with Crippen LogP contribution in [0.2, 0.25) is 0 Å². The zero-order chi connectivity index (χ0) is 15.2. The Kier molecular flexibility index (Phi) is 4.40. The molecular formula is C15H12N3O3-. The van der Waals surface area contributed by atoms with E-state index in [9.17, 15) is 14.7 Å².